The number of H-pyrrole nitrogens is 1. The van der Waals surface area contributed by atoms with E-state index in [1.165, 1.54) is 20.0 Å². The van der Waals surface area contributed by atoms with E-state index in [0.717, 1.165) is 5.56 Å². The Hall–Kier alpha value is -2.35. The van der Waals surface area contributed by atoms with Gasteiger partial charge >= 0.3 is 5.97 Å². The van der Waals surface area contributed by atoms with E-state index in [-0.39, 0.29) is 27.7 Å². The number of carboxylic acids is 1. The maximum absolute atomic E-state index is 12.4. The van der Waals surface area contributed by atoms with Crippen LogP contribution in [0.2, 0.25) is 0 Å². The topological polar surface area (TPSA) is 112 Å². The minimum absolute atomic E-state index is 0.0673. The molecule has 0 amide bonds. The van der Waals surface area contributed by atoms with Gasteiger partial charge in [0, 0.05) is 17.5 Å². The number of sulfonamides is 1. The maximum Gasteiger partial charge on any atom is 0.352 e. The van der Waals surface area contributed by atoms with Crippen molar-refractivity contribution in [2.45, 2.75) is 25.7 Å². The molecule has 0 atom stereocenters. The molecule has 0 fully saturated rings. The molecule has 0 aliphatic carbocycles. The number of aromatic carboxylic acids is 1. The van der Waals surface area contributed by atoms with E-state index in [1.54, 1.807) is 12.1 Å². The summed E-state index contributed by atoms with van der Waals surface area (Å²) in [6.45, 7) is 4.80. The molecule has 8 heteroatoms. The molecular weight excluding hydrogens is 294 g/mol. The van der Waals surface area contributed by atoms with Crippen molar-refractivity contribution in [3.8, 4) is 0 Å². The van der Waals surface area contributed by atoms with Gasteiger partial charge in [-0.25, -0.2) is 18.2 Å². The molecule has 0 bridgehead atoms. The molecule has 21 heavy (non-hydrogen) atoms. The molecule has 2 aromatic heterocycles. The third-order valence-corrected chi connectivity index (χ3v) is 4.63. The van der Waals surface area contributed by atoms with Crippen molar-refractivity contribution < 1.29 is 18.3 Å². The van der Waals surface area contributed by atoms with Gasteiger partial charge in [0.05, 0.1) is 0 Å². The fourth-order valence-electron chi connectivity index (χ4n) is 2.07. The number of rotatable bonds is 4. The van der Waals surface area contributed by atoms with E-state index in [1.807, 2.05) is 6.92 Å². The van der Waals surface area contributed by atoms with Crippen LogP contribution in [0, 0.1) is 20.8 Å². The first-order chi connectivity index (χ1) is 9.72. The predicted molar refractivity (Wildman–Crippen MR) is 77.0 cm³/mol. The molecule has 7 nitrogen and oxygen atoms in total. The Morgan fingerprint density at radius 1 is 1.29 bits per heavy atom. The summed E-state index contributed by atoms with van der Waals surface area (Å²) in [4.78, 5) is 17.5. The molecule has 2 rings (SSSR count). The summed E-state index contributed by atoms with van der Waals surface area (Å²) in [6.07, 6.45) is 1.54. The first kappa shape index (κ1) is 15.0. The van der Waals surface area contributed by atoms with E-state index in [4.69, 9.17) is 5.11 Å². The van der Waals surface area contributed by atoms with Crippen LogP contribution < -0.4 is 4.72 Å². The lowest BCUT2D eigenvalue weighted by atomic mass is 10.2. The normalized spacial score (nSPS) is 11.4. The second-order valence-corrected chi connectivity index (χ2v) is 6.33. The van der Waals surface area contributed by atoms with E-state index < -0.39 is 16.0 Å². The first-order valence-electron chi connectivity index (χ1n) is 6.10. The Balaban J connectivity index is 2.45. The third-order valence-electron chi connectivity index (χ3n) is 3.00. The summed E-state index contributed by atoms with van der Waals surface area (Å²) in [5, 5.41) is 9.03. The summed E-state index contributed by atoms with van der Waals surface area (Å²) in [5.41, 5.74) is 1.20. The molecule has 0 aromatic carbocycles. The number of nitrogens with zero attached hydrogens (tertiary/aromatic N) is 1. The fourth-order valence-corrected chi connectivity index (χ4v) is 3.52. The van der Waals surface area contributed by atoms with Gasteiger partial charge in [-0.3, -0.25) is 4.72 Å². The van der Waals surface area contributed by atoms with Crippen LogP contribution in [0.1, 0.15) is 27.3 Å². The third kappa shape index (κ3) is 2.89. The van der Waals surface area contributed by atoms with Crippen molar-refractivity contribution in [3.05, 3.63) is 40.8 Å². The molecule has 0 aliphatic heterocycles. The van der Waals surface area contributed by atoms with Gasteiger partial charge in [0.1, 0.15) is 16.4 Å². The van der Waals surface area contributed by atoms with Crippen LogP contribution in [0.15, 0.2) is 23.2 Å². The standard InChI is InChI=1S/C13H15N3O4S/c1-7-4-5-10(14-6-7)16-21(19,20)12-8(2)11(13(17)18)15-9(12)3/h4-6,15H,1-3H3,(H,14,16)(H,17,18). The quantitative estimate of drug-likeness (QED) is 0.797. The van der Waals surface area contributed by atoms with Crippen LogP contribution in [0.4, 0.5) is 5.82 Å². The van der Waals surface area contributed by atoms with Gasteiger partial charge in [0.2, 0.25) is 0 Å². The summed E-state index contributed by atoms with van der Waals surface area (Å²) in [5.74, 6) is -1.03. The van der Waals surface area contributed by atoms with E-state index >= 15 is 0 Å². The lowest BCUT2D eigenvalue weighted by Crippen LogP contribution is -2.15. The smallest absolute Gasteiger partial charge is 0.352 e. The number of aromatic amines is 1. The monoisotopic (exact) mass is 309 g/mol. The van der Waals surface area contributed by atoms with E-state index in [0.29, 0.717) is 0 Å². The van der Waals surface area contributed by atoms with Gasteiger partial charge in [-0.2, -0.15) is 0 Å². The highest BCUT2D eigenvalue weighted by molar-refractivity contribution is 7.92. The zero-order valence-electron chi connectivity index (χ0n) is 11.8. The second-order valence-electron chi connectivity index (χ2n) is 4.71. The minimum atomic E-state index is -3.91. The van der Waals surface area contributed by atoms with Crippen molar-refractivity contribution in [3.63, 3.8) is 0 Å². The zero-order chi connectivity index (χ0) is 15.8. The highest BCUT2D eigenvalue weighted by atomic mass is 32.2. The highest BCUT2D eigenvalue weighted by Crippen LogP contribution is 2.25. The number of hydrogen-bond donors (Lipinski definition) is 3. The molecule has 0 radical (unpaired) electrons. The molecule has 2 aromatic rings. The number of nitrogens with one attached hydrogen (secondary N) is 2. The molecule has 112 valence electrons. The number of anilines is 1. The Labute approximate surface area is 122 Å². The summed E-state index contributed by atoms with van der Waals surface area (Å²) >= 11 is 0. The molecule has 0 saturated carbocycles. The fraction of sp³-hybridized carbons (Fsp3) is 0.231. The maximum atomic E-state index is 12.4. The van der Waals surface area contributed by atoms with E-state index in [9.17, 15) is 13.2 Å². The average Bonchev–Trinajstić information content (AvgIpc) is 2.68. The first-order valence-corrected chi connectivity index (χ1v) is 7.58. The Morgan fingerprint density at radius 2 is 1.95 bits per heavy atom. The molecule has 3 N–H and O–H groups in total. The van der Waals surface area contributed by atoms with Gasteiger partial charge in [-0.05, 0) is 32.4 Å². The van der Waals surface area contributed by atoms with Crippen LogP contribution in [0.3, 0.4) is 0 Å². The largest absolute Gasteiger partial charge is 0.477 e. The van der Waals surface area contributed by atoms with Gasteiger partial charge < -0.3 is 10.1 Å². The second kappa shape index (κ2) is 5.21. The zero-order valence-corrected chi connectivity index (χ0v) is 12.6. The SMILES string of the molecule is Cc1ccc(NS(=O)(=O)c2c(C)[nH]c(C(=O)O)c2C)nc1. The molecule has 0 spiro atoms. The van der Waals surface area contributed by atoms with Crippen LogP contribution in [0.25, 0.3) is 0 Å². The lowest BCUT2D eigenvalue weighted by molar-refractivity contribution is 0.0690. The molecule has 0 aliphatic rings. The van der Waals surface area contributed by atoms with E-state index in [2.05, 4.69) is 14.7 Å². The number of carbonyl (C=O) groups is 1. The van der Waals surface area contributed by atoms with Crippen LogP contribution in [-0.4, -0.2) is 29.5 Å². The Morgan fingerprint density at radius 3 is 2.43 bits per heavy atom. The number of carboxylic acid groups (broad SMARTS) is 1. The van der Waals surface area contributed by atoms with Crippen LogP contribution >= 0.6 is 0 Å². The highest BCUT2D eigenvalue weighted by Gasteiger charge is 2.26. The number of aromatic nitrogens is 2. The van der Waals surface area contributed by atoms with Crippen molar-refractivity contribution in [1.29, 1.82) is 0 Å². The number of hydrogen-bond acceptors (Lipinski definition) is 4. The molecule has 2 heterocycles. The summed E-state index contributed by atoms with van der Waals surface area (Å²) in [7, 11) is -3.91. The van der Waals surface area contributed by atoms with Gasteiger partial charge in [0.15, 0.2) is 0 Å². The summed E-state index contributed by atoms with van der Waals surface area (Å²) in [6, 6.07) is 3.27. The minimum Gasteiger partial charge on any atom is -0.477 e. The van der Waals surface area contributed by atoms with Crippen LogP contribution in [-0.2, 0) is 10.0 Å². The summed E-state index contributed by atoms with van der Waals surface area (Å²) < 4.78 is 27.1. The molecular formula is C13H15N3O4S. The molecule has 0 unspecified atom stereocenters. The van der Waals surface area contributed by atoms with Crippen molar-refractivity contribution >= 4 is 21.8 Å². The predicted octanol–water partition coefficient (Wildman–Crippen LogP) is 1.83. The van der Waals surface area contributed by atoms with Crippen molar-refractivity contribution in [2.75, 3.05) is 4.72 Å². The van der Waals surface area contributed by atoms with Crippen LogP contribution in [0.5, 0.6) is 0 Å². The number of pyridine rings is 1. The van der Waals surface area contributed by atoms with Crippen molar-refractivity contribution in [1.82, 2.24) is 9.97 Å². The van der Waals surface area contributed by atoms with Gasteiger partial charge in [-0.1, -0.05) is 6.07 Å². The van der Waals surface area contributed by atoms with Crippen molar-refractivity contribution in [2.24, 2.45) is 0 Å². The Kier molecular flexibility index (Phi) is 3.73. The van der Waals surface area contributed by atoms with Gasteiger partial charge in [0.25, 0.3) is 10.0 Å². The van der Waals surface area contributed by atoms with Gasteiger partial charge in [-0.15, -0.1) is 0 Å². The Bertz CT molecular complexity index is 792. The average molecular weight is 309 g/mol. The number of aryl methyl sites for hydroxylation is 2. The lowest BCUT2D eigenvalue weighted by Gasteiger charge is -2.08. The molecule has 0 saturated heterocycles.